The van der Waals surface area contributed by atoms with E-state index < -0.39 is 40.0 Å². The van der Waals surface area contributed by atoms with Gasteiger partial charge in [0.1, 0.15) is 11.8 Å². The molecule has 0 aliphatic heterocycles. The topological polar surface area (TPSA) is 169 Å². The number of carbonyl (C=O) groups is 2. The first-order valence-corrected chi connectivity index (χ1v) is 11.8. The number of nitrogens with two attached hydrogens (primary N) is 1. The van der Waals surface area contributed by atoms with Crippen LogP contribution >= 0.6 is 0 Å². The highest BCUT2D eigenvalue weighted by Crippen LogP contribution is 2.13. The highest BCUT2D eigenvalue weighted by molar-refractivity contribution is 7.89. The maximum atomic E-state index is 12.6. The van der Waals surface area contributed by atoms with Crippen molar-refractivity contribution in [2.75, 3.05) is 19.7 Å². The SMILES string of the molecule is NCCCOc1ccc2cc(C(=O)NCC(NS(=O)(=O)c3ccccc3)C(=O)O)cc(=O)n2c1. The summed E-state index contributed by atoms with van der Waals surface area (Å²) >= 11 is 0. The molecule has 3 rings (SSSR count). The molecule has 180 valence electrons. The fourth-order valence-electron chi connectivity index (χ4n) is 3.03. The monoisotopic (exact) mass is 488 g/mol. The minimum atomic E-state index is -4.12. The van der Waals surface area contributed by atoms with Gasteiger partial charge in [0.05, 0.1) is 17.7 Å². The Morgan fingerprint density at radius 1 is 1.12 bits per heavy atom. The summed E-state index contributed by atoms with van der Waals surface area (Å²) in [6.45, 7) is 0.339. The molecule has 0 aliphatic carbocycles. The molecular weight excluding hydrogens is 464 g/mol. The fraction of sp³-hybridized carbons (Fsp3) is 0.227. The van der Waals surface area contributed by atoms with E-state index in [0.717, 1.165) is 6.07 Å². The molecular formula is C22H24N4O7S. The quantitative estimate of drug-likeness (QED) is 0.277. The lowest BCUT2D eigenvalue weighted by atomic mass is 10.2. The number of ether oxygens (including phenoxy) is 1. The molecule has 1 amide bonds. The summed E-state index contributed by atoms with van der Waals surface area (Å²) in [7, 11) is -4.12. The van der Waals surface area contributed by atoms with Crippen molar-refractivity contribution in [2.24, 2.45) is 5.73 Å². The van der Waals surface area contributed by atoms with E-state index in [2.05, 4.69) is 10.0 Å². The second-order valence-corrected chi connectivity index (χ2v) is 8.98. The van der Waals surface area contributed by atoms with E-state index in [9.17, 15) is 27.9 Å². The van der Waals surface area contributed by atoms with Crippen LogP contribution in [0.4, 0.5) is 0 Å². The molecule has 0 spiro atoms. The van der Waals surface area contributed by atoms with E-state index >= 15 is 0 Å². The number of carboxylic acid groups (broad SMARTS) is 1. The number of carboxylic acids is 1. The number of amides is 1. The summed E-state index contributed by atoms with van der Waals surface area (Å²) in [6.07, 6.45) is 2.15. The van der Waals surface area contributed by atoms with Gasteiger partial charge >= 0.3 is 5.97 Å². The van der Waals surface area contributed by atoms with Gasteiger partial charge in [-0.2, -0.15) is 4.72 Å². The van der Waals surface area contributed by atoms with Crippen LogP contribution in [0, 0.1) is 0 Å². The van der Waals surface area contributed by atoms with Crippen LogP contribution in [0.5, 0.6) is 5.75 Å². The number of nitrogens with one attached hydrogen (secondary N) is 2. The van der Waals surface area contributed by atoms with E-state index in [0.29, 0.717) is 30.8 Å². The van der Waals surface area contributed by atoms with Crippen LogP contribution in [-0.4, -0.2) is 55.5 Å². The van der Waals surface area contributed by atoms with Gasteiger partial charge < -0.3 is 20.9 Å². The Morgan fingerprint density at radius 2 is 1.85 bits per heavy atom. The number of hydrogen-bond acceptors (Lipinski definition) is 7. The number of carbonyl (C=O) groups excluding carboxylic acids is 1. The maximum Gasteiger partial charge on any atom is 0.323 e. The van der Waals surface area contributed by atoms with E-state index in [1.165, 1.54) is 40.9 Å². The van der Waals surface area contributed by atoms with Crippen molar-refractivity contribution in [1.29, 1.82) is 0 Å². The molecule has 1 atom stereocenters. The van der Waals surface area contributed by atoms with Crippen molar-refractivity contribution in [2.45, 2.75) is 17.4 Å². The molecule has 0 aliphatic rings. The van der Waals surface area contributed by atoms with E-state index in [4.69, 9.17) is 10.5 Å². The average molecular weight is 489 g/mol. The van der Waals surface area contributed by atoms with Crippen molar-refractivity contribution < 1.29 is 27.9 Å². The molecule has 34 heavy (non-hydrogen) atoms. The standard InChI is InChI=1S/C22H24N4O7S/c23-9-4-10-33-17-8-7-16-11-15(12-20(27)26(16)14-17)21(28)24-13-19(22(29)30)25-34(31,32)18-5-2-1-3-6-18/h1-3,5-8,11-12,14,19,25H,4,9-10,13,23H2,(H,24,28)(H,29,30). The largest absolute Gasteiger partial charge is 0.492 e. The third-order valence-corrected chi connectivity index (χ3v) is 6.26. The van der Waals surface area contributed by atoms with Crippen LogP contribution in [0.3, 0.4) is 0 Å². The average Bonchev–Trinajstić information content (AvgIpc) is 2.82. The van der Waals surface area contributed by atoms with Crippen LogP contribution < -0.4 is 26.1 Å². The predicted octanol–water partition coefficient (Wildman–Crippen LogP) is 0.189. The molecule has 0 bridgehead atoms. The number of pyridine rings is 2. The molecule has 0 saturated heterocycles. The number of nitrogens with zero attached hydrogens (tertiary/aromatic N) is 1. The Labute approximate surface area is 195 Å². The van der Waals surface area contributed by atoms with Crippen molar-refractivity contribution in [1.82, 2.24) is 14.4 Å². The van der Waals surface area contributed by atoms with Gasteiger partial charge in [0.15, 0.2) is 0 Å². The van der Waals surface area contributed by atoms with Crippen LogP contribution in [0.15, 0.2) is 70.5 Å². The van der Waals surface area contributed by atoms with Crippen LogP contribution in [0.1, 0.15) is 16.8 Å². The first kappa shape index (κ1) is 24.9. The van der Waals surface area contributed by atoms with Gasteiger partial charge in [0.25, 0.3) is 11.5 Å². The Hall–Kier alpha value is -3.74. The zero-order valence-electron chi connectivity index (χ0n) is 18.0. The van der Waals surface area contributed by atoms with Gasteiger partial charge in [-0.25, -0.2) is 8.42 Å². The molecule has 0 fully saturated rings. The Morgan fingerprint density at radius 3 is 2.53 bits per heavy atom. The first-order chi connectivity index (χ1) is 16.2. The number of hydrogen-bond donors (Lipinski definition) is 4. The summed E-state index contributed by atoms with van der Waals surface area (Å²) < 4.78 is 33.7. The number of aromatic nitrogens is 1. The van der Waals surface area contributed by atoms with Crippen molar-refractivity contribution in [3.05, 3.63) is 76.7 Å². The lowest BCUT2D eigenvalue weighted by Gasteiger charge is -2.16. The second-order valence-electron chi connectivity index (χ2n) is 7.27. The van der Waals surface area contributed by atoms with Gasteiger partial charge in [-0.05, 0) is 43.3 Å². The summed E-state index contributed by atoms with van der Waals surface area (Å²) in [4.78, 5) is 36.5. The van der Waals surface area contributed by atoms with Gasteiger partial charge in [-0.1, -0.05) is 18.2 Å². The molecule has 3 aromatic rings. The van der Waals surface area contributed by atoms with Crippen molar-refractivity contribution in [3.8, 4) is 5.75 Å². The number of benzene rings is 1. The normalized spacial score (nSPS) is 12.3. The molecule has 12 heteroatoms. The van der Waals surface area contributed by atoms with Crippen LogP contribution in [-0.2, 0) is 14.8 Å². The molecule has 0 radical (unpaired) electrons. The summed E-state index contributed by atoms with van der Waals surface area (Å²) in [5.41, 5.74) is 5.35. The number of rotatable bonds is 11. The van der Waals surface area contributed by atoms with Gasteiger partial charge in [0.2, 0.25) is 10.0 Å². The van der Waals surface area contributed by atoms with Gasteiger partial charge in [-0.15, -0.1) is 0 Å². The minimum absolute atomic E-state index is 0.00291. The molecule has 0 saturated carbocycles. The predicted molar refractivity (Wildman–Crippen MR) is 123 cm³/mol. The highest BCUT2D eigenvalue weighted by Gasteiger charge is 2.26. The lowest BCUT2D eigenvalue weighted by molar-refractivity contribution is -0.138. The van der Waals surface area contributed by atoms with Gasteiger partial charge in [0, 0.05) is 23.7 Å². The number of fused-ring (bicyclic) bond motifs is 1. The van der Waals surface area contributed by atoms with Gasteiger partial charge in [-0.3, -0.25) is 18.8 Å². The molecule has 11 nitrogen and oxygen atoms in total. The molecule has 1 unspecified atom stereocenters. The second kappa shape index (κ2) is 10.9. The van der Waals surface area contributed by atoms with E-state index in [1.54, 1.807) is 18.2 Å². The Balaban J connectivity index is 1.72. The van der Waals surface area contributed by atoms with Crippen LogP contribution in [0.2, 0.25) is 0 Å². The van der Waals surface area contributed by atoms with Crippen LogP contribution in [0.25, 0.3) is 5.52 Å². The molecule has 2 heterocycles. The van der Waals surface area contributed by atoms with Crippen molar-refractivity contribution >= 4 is 27.4 Å². The highest BCUT2D eigenvalue weighted by atomic mass is 32.2. The molecule has 1 aromatic carbocycles. The maximum absolute atomic E-state index is 12.6. The summed E-state index contributed by atoms with van der Waals surface area (Å²) in [6, 6.07) is 11.4. The lowest BCUT2D eigenvalue weighted by Crippen LogP contribution is -2.48. The Bertz CT molecular complexity index is 1340. The van der Waals surface area contributed by atoms with E-state index in [1.807, 2.05) is 0 Å². The fourth-order valence-corrected chi connectivity index (χ4v) is 4.24. The number of sulfonamides is 1. The minimum Gasteiger partial charge on any atom is -0.492 e. The summed E-state index contributed by atoms with van der Waals surface area (Å²) in [5, 5.41) is 11.8. The molecule has 2 aromatic heterocycles. The molecule has 5 N–H and O–H groups in total. The zero-order valence-corrected chi connectivity index (χ0v) is 18.8. The van der Waals surface area contributed by atoms with Crippen molar-refractivity contribution in [3.63, 3.8) is 0 Å². The third-order valence-electron chi connectivity index (χ3n) is 4.77. The van der Waals surface area contributed by atoms with E-state index in [-0.39, 0.29) is 10.5 Å². The third kappa shape index (κ3) is 6.19. The Kier molecular flexibility index (Phi) is 7.99. The number of aliphatic carboxylic acids is 1. The smallest absolute Gasteiger partial charge is 0.323 e. The first-order valence-electron chi connectivity index (χ1n) is 10.3. The summed E-state index contributed by atoms with van der Waals surface area (Å²) in [5.74, 6) is -1.73. The zero-order chi connectivity index (χ0) is 24.7.